The van der Waals surface area contributed by atoms with Gasteiger partial charge in [0, 0.05) is 52.1 Å². The van der Waals surface area contributed by atoms with Crippen LogP contribution in [0.25, 0.3) is 43.6 Å². The van der Waals surface area contributed by atoms with Crippen molar-refractivity contribution in [2.45, 2.75) is 25.9 Å². The molecule has 0 saturated heterocycles. The van der Waals surface area contributed by atoms with Crippen molar-refractivity contribution in [3.63, 3.8) is 0 Å². The van der Waals surface area contributed by atoms with E-state index in [2.05, 4.69) is 51.7 Å². The van der Waals surface area contributed by atoms with E-state index in [0.29, 0.717) is 6.42 Å². The Balaban J connectivity index is 1.72. The molecule has 0 amide bonds. The zero-order chi connectivity index (χ0) is 18.8. The summed E-state index contributed by atoms with van der Waals surface area (Å²) in [5.41, 5.74) is 8.33. The Kier molecular flexibility index (Phi) is 3.14. The van der Waals surface area contributed by atoms with Crippen LogP contribution >= 0.6 is 0 Å². The maximum Gasteiger partial charge on any atom is 0.303 e. The fraction of sp³-hybridized carbons (Fsp3) is 0.174. The number of carboxylic acids is 1. The largest absolute Gasteiger partial charge is 0.481 e. The van der Waals surface area contributed by atoms with Crippen molar-refractivity contribution in [1.29, 1.82) is 0 Å². The molecule has 0 saturated carbocycles. The fourth-order valence-electron chi connectivity index (χ4n) is 4.79. The van der Waals surface area contributed by atoms with E-state index in [9.17, 15) is 4.79 Å². The number of aromatic amines is 2. The summed E-state index contributed by atoms with van der Waals surface area (Å²) in [6.45, 7) is 1.72. The van der Waals surface area contributed by atoms with Crippen LogP contribution in [-0.2, 0) is 24.3 Å². The van der Waals surface area contributed by atoms with Crippen molar-refractivity contribution in [3.05, 3.63) is 59.2 Å². The molecule has 0 spiro atoms. The molecule has 28 heavy (non-hydrogen) atoms. The second-order valence-electron chi connectivity index (χ2n) is 7.63. The first-order valence-electron chi connectivity index (χ1n) is 9.61. The van der Waals surface area contributed by atoms with E-state index in [1.807, 2.05) is 6.07 Å². The number of aryl methyl sites for hydroxylation is 1. The molecule has 1 aliphatic rings. The van der Waals surface area contributed by atoms with Gasteiger partial charge in [-0.15, -0.1) is 0 Å². The van der Waals surface area contributed by atoms with E-state index in [0.717, 1.165) is 40.7 Å². The monoisotopic (exact) mass is 369 g/mol. The summed E-state index contributed by atoms with van der Waals surface area (Å²) in [7, 11) is 0. The topological polar surface area (TPSA) is 80.9 Å². The predicted molar refractivity (Wildman–Crippen MR) is 112 cm³/mol. The molecule has 0 bridgehead atoms. The highest BCUT2D eigenvalue weighted by Gasteiger charge is 2.24. The van der Waals surface area contributed by atoms with Gasteiger partial charge in [0.05, 0.1) is 11.0 Å². The third-order valence-corrected chi connectivity index (χ3v) is 6.02. The average Bonchev–Trinajstić information content (AvgIpc) is 3.39. The second-order valence-corrected chi connectivity index (χ2v) is 7.63. The molecule has 0 unspecified atom stereocenters. The van der Waals surface area contributed by atoms with E-state index in [4.69, 9.17) is 5.11 Å². The fourth-order valence-corrected chi connectivity index (χ4v) is 4.79. The number of nitrogens with one attached hydrogen (secondary N) is 3. The van der Waals surface area contributed by atoms with Crippen molar-refractivity contribution < 1.29 is 9.90 Å². The van der Waals surface area contributed by atoms with Gasteiger partial charge >= 0.3 is 5.97 Å². The molecule has 1 aliphatic heterocycles. The molecule has 0 aliphatic carbocycles. The minimum atomic E-state index is -0.760. The maximum atomic E-state index is 11.0. The normalized spacial score (nSPS) is 13.9. The lowest BCUT2D eigenvalue weighted by atomic mass is 9.96. The molecule has 2 aromatic heterocycles. The Hall–Kier alpha value is -3.31. The molecular formula is C23H19N3O2. The van der Waals surface area contributed by atoms with Gasteiger partial charge in [-0.05, 0) is 41.3 Å². The van der Waals surface area contributed by atoms with Crippen LogP contribution in [0, 0.1) is 0 Å². The van der Waals surface area contributed by atoms with Crippen molar-refractivity contribution in [3.8, 4) is 0 Å². The lowest BCUT2D eigenvalue weighted by molar-refractivity contribution is -0.136. The Morgan fingerprint density at radius 2 is 1.57 bits per heavy atom. The highest BCUT2D eigenvalue weighted by atomic mass is 16.4. The predicted octanol–water partition coefficient (Wildman–Crippen LogP) is 4.58. The van der Waals surface area contributed by atoms with Crippen LogP contribution in [0.15, 0.2) is 42.5 Å². The first kappa shape index (κ1) is 15.7. The van der Waals surface area contributed by atoms with Gasteiger partial charge in [-0.25, -0.2) is 0 Å². The number of hydrogen-bond donors (Lipinski definition) is 4. The summed E-state index contributed by atoms with van der Waals surface area (Å²) in [5, 5.41) is 17.6. The molecule has 6 rings (SSSR count). The third-order valence-electron chi connectivity index (χ3n) is 6.02. The molecule has 138 valence electrons. The Morgan fingerprint density at radius 3 is 2.32 bits per heavy atom. The highest BCUT2D eigenvalue weighted by molar-refractivity contribution is 6.24. The summed E-state index contributed by atoms with van der Waals surface area (Å²) >= 11 is 0. The van der Waals surface area contributed by atoms with Crippen LogP contribution < -0.4 is 5.32 Å². The van der Waals surface area contributed by atoms with E-state index in [-0.39, 0.29) is 6.42 Å². The minimum Gasteiger partial charge on any atom is -0.481 e. The van der Waals surface area contributed by atoms with Gasteiger partial charge in [-0.3, -0.25) is 4.79 Å². The molecule has 0 atom stereocenters. The summed E-state index contributed by atoms with van der Waals surface area (Å²) in [6, 6.07) is 14.7. The lowest BCUT2D eigenvalue weighted by Crippen LogP contribution is -2.00. The number of fused-ring (bicyclic) bond motifs is 10. The summed E-state index contributed by atoms with van der Waals surface area (Å²) < 4.78 is 0. The van der Waals surface area contributed by atoms with Crippen LogP contribution in [0.5, 0.6) is 0 Å². The van der Waals surface area contributed by atoms with Gasteiger partial charge < -0.3 is 20.4 Å². The molecular weight excluding hydrogens is 350 g/mol. The van der Waals surface area contributed by atoms with Gasteiger partial charge in [0.1, 0.15) is 0 Å². The van der Waals surface area contributed by atoms with Gasteiger partial charge in [0.15, 0.2) is 0 Å². The highest BCUT2D eigenvalue weighted by Crippen LogP contribution is 2.41. The van der Waals surface area contributed by atoms with Gasteiger partial charge in [0.25, 0.3) is 0 Å². The van der Waals surface area contributed by atoms with Crippen LogP contribution in [-0.4, -0.2) is 21.0 Å². The van der Waals surface area contributed by atoms with Crippen molar-refractivity contribution in [2.24, 2.45) is 0 Å². The smallest absolute Gasteiger partial charge is 0.303 e. The first-order chi connectivity index (χ1) is 13.7. The average molecular weight is 369 g/mol. The zero-order valence-electron chi connectivity index (χ0n) is 15.2. The van der Waals surface area contributed by atoms with E-state index in [1.54, 1.807) is 0 Å². The van der Waals surface area contributed by atoms with Gasteiger partial charge in [-0.1, -0.05) is 24.3 Å². The number of benzene rings is 3. The molecule has 4 N–H and O–H groups in total. The van der Waals surface area contributed by atoms with Gasteiger partial charge in [-0.2, -0.15) is 0 Å². The van der Waals surface area contributed by atoms with Crippen LogP contribution in [0.4, 0.5) is 0 Å². The number of aromatic nitrogens is 2. The number of carbonyl (C=O) groups is 1. The maximum absolute atomic E-state index is 11.0. The number of hydrogen-bond acceptors (Lipinski definition) is 2. The minimum absolute atomic E-state index is 0.153. The third kappa shape index (κ3) is 2.08. The Labute approximate surface area is 160 Å². The van der Waals surface area contributed by atoms with Crippen LogP contribution in [0.3, 0.4) is 0 Å². The summed E-state index contributed by atoms with van der Waals surface area (Å²) in [6.07, 6.45) is 0.701. The Morgan fingerprint density at radius 1 is 0.893 bits per heavy atom. The lowest BCUT2D eigenvalue weighted by Gasteiger charge is -2.06. The number of aliphatic carboxylic acids is 1. The van der Waals surface area contributed by atoms with E-state index < -0.39 is 5.97 Å². The van der Waals surface area contributed by atoms with Gasteiger partial charge in [0.2, 0.25) is 0 Å². The molecule has 3 heterocycles. The van der Waals surface area contributed by atoms with Crippen molar-refractivity contribution >= 4 is 49.6 Å². The van der Waals surface area contributed by atoms with Crippen molar-refractivity contribution in [1.82, 2.24) is 15.3 Å². The standard InChI is InChI=1S/C23H19N3O2/c27-19(28)8-6-12-5-7-18-14(9-12)21-16-11-24-10-15(16)20-13-3-1-2-4-17(13)25-22(20)23(21)26-18/h1-5,7,9,24-26H,6,8,10-11H2,(H,27,28). The van der Waals surface area contributed by atoms with E-state index >= 15 is 0 Å². The number of H-pyrrole nitrogens is 2. The summed E-state index contributed by atoms with van der Waals surface area (Å²) in [5.74, 6) is -0.760. The van der Waals surface area contributed by atoms with E-state index in [1.165, 1.54) is 32.7 Å². The number of para-hydroxylation sites is 1. The molecule has 5 nitrogen and oxygen atoms in total. The SMILES string of the molecule is O=C(O)CCc1ccc2[nH]c3c4[nH]c5ccccc5c4c4c(c3c2c1)CNC4. The Bertz CT molecular complexity index is 1420. The second kappa shape index (κ2) is 5.59. The quantitative estimate of drug-likeness (QED) is 0.376. The molecule has 5 heteroatoms. The molecule has 0 radical (unpaired) electrons. The summed E-state index contributed by atoms with van der Waals surface area (Å²) in [4.78, 5) is 18.2. The van der Waals surface area contributed by atoms with Crippen LogP contribution in [0.2, 0.25) is 0 Å². The molecule has 3 aromatic carbocycles. The first-order valence-corrected chi connectivity index (χ1v) is 9.61. The molecule has 0 fully saturated rings. The molecule has 5 aromatic rings. The number of carboxylic acid groups (broad SMARTS) is 1. The number of rotatable bonds is 3. The zero-order valence-corrected chi connectivity index (χ0v) is 15.2. The van der Waals surface area contributed by atoms with Crippen molar-refractivity contribution in [2.75, 3.05) is 0 Å². The van der Waals surface area contributed by atoms with Crippen LogP contribution in [0.1, 0.15) is 23.1 Å².